The molecule has 0 fully saturated rings. The van der Waals surface area contributed by atoms with Gasteiger partial charge in [0.25, 0.3) is 0 Å². The van der Waals surface area contributed by atoms with E-state index in [4.69, 9.17) is 0 Å². The maximum Gasteiger partial charge on any atom is 0.210 e. The van der Waals surface area contributed by atoms with Gasteiger partial charge in [-0.05, 0) is 73.4 Å². The predicted molar refractivity (Wildman–Crippen MR) is 120 cm³/mol. The Bertz CT molecular complexity index is 1150. The van der Waals surface area contributed by atoms with Gasteiger partial charge in [-0.25, -0.2) is 0 Å². The van der Waals surface area contributed by atoms with Gasteiger partial charge in [0, 0.05) is 29.9 Å². The van der Waals surface area contributed by atoms with Crippen LogP contribution in [0.1, 0.15) is 37.5 Å². The van der Waals surface area contributed by atoms with Gasteiger partial charge < -0.3 is 17.7 Å². The molecule has 0 spiro atoms. The first-order valence-corrected chi connectivity index (χ1v) is 10.3. The van der Waals surface area contributed by atoms with E-state index in [0.29, 0.717) is 0 Å². The van der Waals surface area contributed by atoms with Gasteiger partial charge >= 0.3 is 0 Å². The third-order valence-electron chi connectivity index (χ3n) is 6.34. The standard InChI is InChI=1S/C26H26N2.ClH/c1-4-28-23-13-11-19-7-5-6-8-21(19)25(23)26(2,3)24(28)14-10-18-9-12-22-20(17-18)15-16-27-22;/h5-14,17H,4,15-16H2,1-3H3;1H. The molecule has 0 amide bonds. The van der Waals surface area contributed by atoms with Crippen molar-refractivity contribution in [2.75, 3.05) is 18.4 Å². The molecule has 29 heavy (non-hydrogen) atoms. The first-order valence-electron chi connectivity index (χ1n) is 10.3. The molecule has 2 aliphatic heterocycles. The molecule has 3 aromatic rings. The van der Waals surface area contributed by atoms with E-state index in [1.165, 1.54) is 44.5 Å². The van der Waals surface area contributed by atoms with Crippen molar-refractivity contribution in [3.63, 3.8) is 0 Å². The van der Waals surface area contributed by atoms with E-state index in [1.54, 1.807) is 0 Å². The molecule has 0 unspecified atom stereocenters. The molecule has 1 N–H and O–H groups in total. The van der Waals surface area contributed by atoms with Gasteiger partial charge in [0.2, 0.25) is 5.69 Å². The normalized spacial score (nSPS) is 16.7. The fourth-order valence-corrected chi connectivity index (χ4v) is 4.98. The second-order valence-corrected chi connectivity index (χ2v) is 8.36. The highest BCUT2D eigenvalue weighted by Crippen LogP contribution is 2.44. The summed E-state index contributed by atoms with van der Waals surface area (Å²) in [6.07, 6.45) is 5.74. The van der Waals surface area contributed by atoms with Crippen LogP contribution in [0.5, 0.6) is 0 Å². The fourth-order valence-electron chi connectivity index (χ4n) is 4.98. The van der Waals surface area contributed by atoms with Crippen molar-refractivity contribution in [1.29, 1.82) is 0 Å². The predicted octanol–water partition coefficient (Wildman–Crippen LogP) is 2.92. The highest BCUT2D eigenvalue weighted by atomic mass is 35.5. The summed E-state index contributed by atoms with van der Waals surface area (Å²) in [5.74, 6) is 0. The molecule has 0 radical (unpaired) electrons. The average molecular weight is 403 g/mol. The lowest BCUT2D eigenvalue weighted by atomic mass is 9.79. The highest BCUT2D eigenvalue weighted by Gasteiger charge is 2.44. The van der Waals surface area contributed by atoms with Crippen LogP contribution in [0.4, 0.5) is 11.4 Å². The maximum absolute atomic E-state index is 3.45. The molecule has 148 valence electrons. The summed E-state index contributed by atoms with van der Waals surface area (Å²) in [7, 11) is 0. The van der Waals surface area contributed by atoms with E-state index < -0.39 is 0 Å². The minimum absolute atomic E-state index is 0. The Kier molecular flexibility index (Phi) is 5.00. The van der Waals surface area contributed by atoms with Crippen molar-refractivity contribution in [3.05, 3.63) is 77.4 Å². The molecule has 5 rings (SSSR count). The van der Waals surface area contributed by atoms with Crippen LogP contribution >= 0.6 is 0 Å². The van der Waals surface area contributed by atoms with Gasteiger partial charge in [-0.1, -0.05) is 30.3 Å². The molecule has 0 bridgehead atoms. The molecule has 0 aromatic heterocycles. The average Bonchev–Trinajstić information content (AvgIpc) is 3.25. The van der Waals surface area contributed by atoms with E-state index in [1.807, 2.05) is 0 Å². The number of fused-ring (bicyclic) bond motifs is 4. The number of allylic oxidation sites excluding steroid dienone is 1. The number of anilines is 1. The van der Waals surface area contributed by atoms with Crippen molar-refractivity contribution in [2.45, 2.75) is 32.6 Å². The maximum atomic E-state index is 3.45. The highest BCUT2D eigenvalue weighted by molar-refractivity contribution is 6.09. The van der Waals surface area contributed by atoms with Crippen LogP contribution in [-0.4, -0.2) is 23.4 Å². The van der Waals surface area contributed by atoms with Crippen molar-refractivity contribution >= 4 is 33.9 Å². The lowest BCUT2D eigenvalue weighted by Gasteiger charge is -2.17. The fraction of sp³-hybridized carbons (Fsp3) is 0.269. The van der Waals surface area contributed by atoms with Gasteiger partial charge in [-0.15, -0.1) is 0 Å². The molecule has 2 aliphatic rings. The molecule has 0 aliphatic carbocycles. The molecule has 0 saturated carbocycles. The number of hydrogen-bond donors (Lipinski definition) is 1. The Morgan fingerprint density at radius 1 is 1.03 bits per heavy atom. The molecule has 3 aromatic carbocycles. The van der Waals surface area contributed by atoms with Crippen LogP contribution in [0.3, 0.4) is 0 Å². The zero-order chi connectivity index (χ0) is 19.3. The Labute approximate surface area is 179 Å². The third kappa shape index (κ3) is 3.07. The second kappa shape index (κ2) is 7.35. The lowest BCUT2D eigenvalue weighted by Crippen LogP contribution is -3.00. The largest absolute Gasteiger partial charge is 1.00 e. The Morgan fingerprint density at radius 2 is 1.86 bits per heavy atom. The molecule has 0 saturated heterocycles. The first-order chi connectivity index (χ1) is 13.6. The SMILES string of the molecule is CC[N+]1=C(/C=C/c2ccc3c(c2)CCN3)C(C)(C)c2c1ccc1ccccc21.[Cl-]. The Balaban J connectivity index is 0.00000205. The van der Waals surface area contributed by atoms with E-state index in [-0.39, 0.29) is 17.8 Å². The Morgan fingerprint density at radius 3 is 2.69 bits per heavy atom. The van der Waals surface area contributed by atoms with Gasteiger partial charge in [-0.3, -0.25) is 0 Å². The summed E-state index contributed by atoms with van der Waals surface area (Å²) in [6, 6.07) is 20.1. The van der Waals surface area contributed by atoms with Crippen LogP contribution in [0.25, 0.3) is 16.8 Å². The second-order valence-electron chi connectivity index (χ2n) is 8.36. The number of hydrogen-bond acceptors (Lipinski definition) is 1. The van der Waals surface area contributed by atoms with Crippen molar-refractivity contribution < 1.29 is 17.0 Å². The van der Waals surface area contributed by atoms with E-state index >= 15 is 0 Å². The topological polar surface area (TPSA) is 15.0 Å². The minimum Gasteiger partial charge on any atom is -1.00 e. The number of rotatable bonds is 3. The van der Waals surface area contributed by atoms with Gasteiger partial charge in [-0.2, -0.15) is 4.58 Å². The van der Waals surface area contributed by atoms with Gasteiger partial charge in [0.15, 0.2) is 5.71 Å². The zero-order valence-corrected chi connectivity index (χ0v) is 18.1. The van der Waals surface area contributed by atoms with Crippen molar-refractivity contribution in [2.24, 2.45) is 0 Å². The number of nitrogens with zero attached hydrogens (tertiary/aromatic N) is 1. The number of nitrogens with one attached hydrogen (secondary N) is 1. The molecule has 2 nitrogen and oxygen atoms in total. The number of halogens is 1. The molecule has 3 heteroatoms. The van der Waals surface area contributed by atoms with Crippen LogP contribution in [0, 0.1) is 0 Å². The first kappa shape index (κ1) is 19.7. The van der Waals surface area contributed by atoms with Crippen LogP contribution in [0.15, 0.2) is 60.7 Å². The monoisotopic (exact) mass is 402 g/mol. The quantitative estimate of drug-likeness (QED) is 0.666. The smallest absolute Gasteiger partial charge is 0.210 e. The summed E-state index contributed by atoms with van der Waals surface area (Å²) < 4.78 is 2.48. The van der Waals surface area contributed by atoms with Gasteiger partial charge in [0.1, 0.15) is 6.54 Å². The van der Waals surface area contributed by atoms with Crippen LogP contribution in [-0.2, 0) is 11.8 Å². The van der Waals surface area contributed by atoms with Crippen LogP contribution < -0.4 is 17.7 Å². The van der Waals surface area contributed by atoms with Crippen molar-refractivity contribution in [3.8, 4) is 0 Å². The minimum atomic E-state index is -0.0268. The summed E-state index contributed by atoms with van der Waals surface area (Å²) in [5, 5.41) is 6.14. The molecular weight excluding hydrogens is 376 g/mol. The molecule has 0 atom stereocenters. The zero-order valence-electron chi connectivity index (χ0n) is 17.3. The Hall–Kier alpha value is -2.58. The van der Waals surface area contributed by atoms with E-state index in [0.717, 1.165) is 19.5 Å². The van der Waals surface area contributed by atoms with Gasteiger partial charge in [0.05, 0.1) is 5.41 Å². The van der Waals surface area contributed by atoms with E-state index in [9.17, 15) is 0 Å². The van der Waals surface area contributed by atoms with E-state index in [2.05, 4.69) is 97.4 Å². The van der Waals surface area contributed by atoms with Crippen LogP contribution in [0.2, 0.25) is 0 Å². The molecular formula is C26H27ClN2. The van der Waals surface area contributed by atoms with Crippen molar-refractivity contribution in [1.82, 2.24) is 0 Å². The summed E-state index contributed by atoms with van der Waals surface area (Å²) in [5.41, 5.74) is 8.15. The number of benzene rings is 3. The lowest BCUT2D eigenvalue weighted by molar-refractivity contribution is -0.433. The summed E-state index contributed by atoms with van der Waals surface area (Å²) in [4.78, 5) is 0. The third-order valence-corrected chi connectivity index (χ3v) is 6.34. The summed E-state index contributed by atoms with van der Waals surface area (Å²) in [6.45, 7) is 9.00. The molecule has 2 heterocycles. The summed E-state index contributed by atoms with van der Waals surface area (Å²) >= 11 is 0.